The van der Waals surface area contributed by atoms with Gasteiger partial charge in [-0.15, -0.1) is 5.10 Å². The van der Waals surface area contributed by atoms with Gasteiger partial charge in [-0.2, -0.15) is 0 Å². The molecule has 0 spiro atoms. The summed E-state index contributed by atoms with van der Waals surface area (Å²) in [4.78, 5) is 21.5. The fraction of sp³-hybridized carbons (Fsp3) is 0.206. The lowest BCUT2D eigenvalue weighted by atomic mass is 9.54. The first-order valence-corrected chi connectivity index (χ1v) is 26.9. The van der Waals surface area contributed by atoms with Crippen LogP contribution in [0.2, 0.25) is 0 Å². The monoisotopic (exact) mass is 994 g/mol. The molecule has 13 rings (SSSR count). The van der Waals surface area contributed by atoms with Gasteiger partial charge in [-0.05, 0) is 106 Å². The molecule has 8 heteroatoms. The Hall–Kier alpha value is -8.46. The third-order valence-corrected chi connectivity index (χ3v) is 17.1. The molecule has 0 saturated heterocycles. The first-order valence-electron chi connectivity index (χ1n) is 26.9. The van der Waals surface area contributed by atoms with Crippen LogP contribution in [0.1, 0.15) is 101 Å². The van der Waals surface area contributed by atoms with Gasteiger partial charge in [0.25, 0.3) is 0 Å². The molecule has 2 bridgehead atoms. The Morgan fingerprint density at radius 2 is 0.961 bits per heavy atom. The number of amides is 1. The number of nitrogens with one attached hydrogen (secondary N) is 1. The fourth-order valence-electron chi connectivity index (χ4n) is 13.4. The van der Waals surface area contributed by atoms with Crippen LogP contribution in [0.25, 0.3) is 11.2 Å². The molecular formula is C68H63N7O. The molecule has 1 amide bonds. The first-order chi connectivity index (χ1) is 37.4. The number of hydrogen-bond donors (Lipinski definition) is 2. The molecule has 0 aliphatic heterocycles. The van der Waals surface area contributed by atoms with Crippen LogP contribution in [0.15, 0.2) is 249 Å². The second-order valence-corrected chi connectivity index (χ2v) is 21.1. The van der Waals surface area contributed by atoms with Crippen molar-refractivity contribution in [1.82, 2.24) is 24.9 Å². The highest BCUT2D eigenvalue weighted by Crippen LogP contribution is 2.56. The molecular weight excluding hydrogens is 931 g/mol. The number of carbonyl (C=O) groups excluding carboxylic acids is 1. The van der Waals surface area contributed by atoms with E-state index in [9.17, 15) is 4.79 Å². The minimum absolute atomic E-state index is 0.127. The summed E-state index contributed by atoms with van der Waals surface area (Å²) in [5.41, 5.74) is 15.5. The summed E-state index contributed by atoms with van der Waals surface area (Å²) in [6.45, 7) is 0.863. The van der Waals surface area contributed by atoms with Gasteiger partial charge < -0.3 is 11.1 Å². The van der Waals surface area contributed by atoms with E-state index >= 15 is 0 Å². The highest BCUT2D eigenvalue weighted by Gasteiger charge is 2.52. The van der Waals surface area contributed by atoms with Crippen molar-refractivity contribution in [2.24, 2.45) is 5.73 Å². The number of nitrogens with two attached hydrogens (primary N) is 1. The second kappa shape index (κ2) is 20.7. The number of carbonyl (C=O) groups is 1. The van der Waals surface area contributed by atoms with Crippen molar-refractivity contribution >= 4 is 22.9 Å². The molecule has 8 aromatic carbocycles. The van der Waals surface area contributed by atoms with E-state index in [1.165, 1.54) is 5.56 Å². The van der Waals surface area contributed by atoms with Gasteiger partial charge in [0.2, 0.25) is 5.91 Å². The molecule has 8 nitrogen and oxygen atoms in total. The Bertz CT molecular complexity index is 3310. The maximum absolute atomic E-state index is 13.3. The predicted octanol–water partition coefficient (Wildman–Crippen LogP) is 13.4. The molecule has 1 atom stereocenters. The highest BCUT2D eigenvalue weighted by atomic mass is 16.1. The van der Waals surface area contributed by atoms with Crippen LogP contribution in [-0.2, 0) is 21.3 Å². The molecule has 10 aromatic rings. The zero-order valence-corrected chi connectivity index (χ0v) is 42.8. The van der Waals surface area contributed by atoms with Crippen LogP contribution in [0.3, 0.4) is 0 Å². The van der Waals surface area contributed by atoms with E-state index in [4.69, 9.17) is 21.0 Å². The van der Waals surface area contributed by atoms with Crippen molar-refractivity contribution < 1.29 is 4.79 Å². The second-order valence-electron chi connectivity index (χ2n) is 21.1. The van der Waals surface area contributed by atoms with E-state index in [2.05, 4.69) is 264 Å². The summed E-state index contributed by atoms with van der Waals surface area (Å²) in [5, 5.41) is 14.8. The number of benzene rings is 8. The van der Waals surface area contributed by atoms with Crippen molar-refractivity contribution in [3.8, 4) is 0 Å². The zero-order chi connectivity index (χ0) is 51.4. The summed E-state index contributed by atoms with van der Waals surface area (Å²) < 4.78 is 2.07. The number of hydrogen-bond acceptors (Lipinski definition) is 6. The molecule has 3 fully saturated rings. The molecule has 2 aromatic heterocycles. The van der Waals surface area contributed by atoms with Crippen molar-refractivity contribution in [3.05, 3.63) is 299 Å². The Kier molecular flexibility index (Phi) is 13.2. The van der Waals surface area contributed by atoms with E-state index < -0.39 is 11.1 Å². The molecule has 3 N–H and O–H groups in total. The van der Waals surface area contributed by atoms with E-state index in [-0.39, 0.29) is 29.3 Å². The van der Waals surface area contributed by atoms with Gasteiger partial charge in [-0.25, -0.2) is 9.67 Å². The maximum Gasteiger partial charge on any atom is 0.231 e. The van der Waals surface area contributed by atoms with Gasteiger partial charge in [-0.3, -0.25) is 9.69 Å². The Labute approximate surface area is 446 Å². The van der Waals surface area contributed by atoms with E-state index in [0.29, 0.717) is 29.9 Å². The number of nitrogens with zero attached hydrogens (tertiary/aromatic N) is 5. The minimum atomic E-state index is -1.01. The van der Waals surface area contributed by atoms with Crippen molar-refractivity contribution in [2.75, 3.05) is 18.4 Å². The van der Waals surface area contributed by atoms with Gasteiger partial charge in [0.15, 0.2) is 5.65 Å². The van der Waals surface area contributed by atoms with E-state index in [0.717, 1.165) is 83.0 Å². The number of fused-ring (bicyclic) bond motifs is 4. The Balaban J connectivity index is 1.08. The normalized spacial score (nSPS) is 17.9. The number of anilines is 1. The lowest BCUT2D eigenvalue weighted by molar-refractivity contribution is -0.123. The number of primary amides is 1. The predicted molar refractivity (Wildman–Crippen MR) is 305 cm³/mol. The lowest BCUT2D eigenvalue weighted by Gasteiger charge is -2.58. The molecule has 2 heterocycles. The van der Waals surface area contributed by atoms with E-state index in [1.807, 2.05) is 0 Å². The molecule has 3 aliphatic rings. The van der Waals surface area contributed by atoms with Gasteiger partial charge in [-0.1, -0.05) is 248 Å². The molecule has 3 aliphatic carbocycles. The van der Waals surface area contributed by atoms with Crippen molar-refractivity contribution in [3.63, 3.8) is 0 Å². The Morgan fingerprint density at radius 1 is 0.553 bits per heavy atom. The van der Waals surface area contributed by atoms with Crippen LogP contribution in [0.4, 0.5) is 5.82 Å². The molecule has 376 valence electrons. The number of aromatic nitrogens is 4. The van der Waals surface area contributed by atoms with Gasteiger partial charge in [0.1, 0.15) is 22.4 Å². The summed E-state index contributed by atoms with van der Waals surface area (Å²) in [7, 11) is 0. The van der Waals surface area contributed by atoms with Crippen LogP contribution in [0.5, 0.6) is 0 Å². The minimum Gasteiger partial charge on any atom is -0.369 e. The van der Waals surface area contributed by atoms with Gasteiger partial charge >= 0.3 is 0 Å². The van der Waals surface area contributed by atoms with Crippen LogP contribution in [0, 0.1) is 0 Å². The standard InChI is InChI=1S/C68H63N7O/c69-61(76)50-74(66-45-42-65(43-46-66,44-47-66)52-27-11-2-12-28-52)48-41-59(51-25-9-1-10-26-51)60-49-62(71-67(53-29-13-3-14-30-53,54-31-15-4-16-32-54)55-33-17-5-18-34-55)70-64-63(60)72-73-75(64)68(56-35-19-6-20-36-56,57-37-21-7-22-38-57)58-39-23-8-24-40-58/h1-40,49,59H,41-48,50H2,(H2,69,76)(H,70,71). The number of pyridine rings is 1. The molecule has 1 unspecified atom stereocenters. The maximum atomic E-state index is 13.3. The SMILES string of the molecule is NC(=O)CN(CCC(c1ccccc1)c1cc(NC(c2ccccc2)(c2ccccc2)c2ccccc2)nc2c1nnn2C(c1ccccc1)(c1ccccc1)c1ccccc1)C12CCC(c3ccccc3)(CC1)CC2. The van der Waals surface area contributed by atoms with Gasteiger partial charge in [0, 0.05) is 18.0 Å². The molecule has 3 saturated carbocycles. The fourth-order valence-corrected chi connectivity index (χ4v) is 13.4. The van der Waals surface area contributed by atoms with Crippen LogP contribution < -0.4 is 11.1 Å². The zero-order valence-electron chi connectivity index (χ0n) is 42.8. The highest BCUT2D eigenvalue weighted by molar-refractivity contribution is 5.80. The number of rotatable bonds is 18. The molecule has 0 radical (unpaired) electrons. The Morgan fingerprint density at radius 3 is 1.39 bits per heavy atom. The topological polar surface area (TPSA) is 102 Å². The third kappa shape index (κ3) is 8.66. The average molecular weight is 994 g/mol. The van der Waals surface area contributed by atoms with E-state index in [1.54, 1.807) is 0 Å². The lowest BCUT2D eigenvalue weighted by Crippen LogP contribution is -2.59. The molecule has 76 heavy (non-hydrogen) atoms. The summed E-state index contributed by atoms with van der Waals surface area (Å²) in [5.74, 6) is 0.171. The summed E-state index contributed by atoms with van der Waals surface area (Å²) in [6.07, 6.45) is 7.04. The largest absolute Gasteiger partial charge is 0.369 e. The van der Waals surface area contributed by atoms with Crippen LogP contribution >= 0.6 is 0 Å². The van der Waals surface area contributed by atoms with Crippen molar-refractivity contribution in [2.45, 2.75) is 72.9 Å². The van der Waals surface area contributed by atoms with Gasteiger partial charge in [0.05, 0.1) is 6.54 Å². The smallest absolute Gasteiger partial charge is 0.231 e. The third-order valence-electron chi connectivity index (χ3n) is 17.1. The average Bonchev–Trinajstić information content (AvgIpc) is 4.06. The summed E-state index contributed by atoms with van der Waals surface area (Å²) >= 11 is 0. The summed E-state index contributed by atoms with van der Waals surface area (Å²) in [6, 6.07) is 88.0. The first kappa shape index (κ1) is 48.5. The van der Waals surface area contributed by atoms with Crippen LogP contribution in [-0.4, -0.2) is 49.4 Å². The quantitative estimate of drug-likeness (QED) is 0.0831. The van der Waals surface area contributed by atoms with Crippen molar-refractivity contribution in [1.29, 1.82) is 0 Å².